The van der Waals surface area contributed by atoms with Gasteiger partial charge < -0.3 is 9.84 Å². The Balaban J connectivity index is 2.18. The van der Waals surface area contributed by atoms with E-state index < -0.39 is 0 Å². The maximum absolute atomic E-state index is 9.57. The van der Waals surface area contributed by atoms with Crippen LogP contribution >= 0.6 is 11.6 Å². The van der Waals surface area contributed by atoms with Crippen molar-refractivity contribution in [3.8, 4) is 11.5 Å². The molecule has 2 aromatic rings. The summed E-state index contributed by atoms with van der Waals surface area (Å²) in [6.45, 7) is 4.08. The fourth-order valence-corrected chi connectivity index (χ4v) is 3.06. The van der Waals surface area contributed by atoms with Crippen molar-refractivity contribution in [2.24, 2.45) is 0 Å². The molecule has 3 rings (SSSR count). The number of aromatic hydroxyl groups is 1. The number of halogens is 1. The summed E-state index contributed by atoms with van der Waals surface area (Å²) in [5.41, 5.74) is 1.73. The molecule has 2 nitrogen and oxygen atoms in total. The Morgan fingerprint density at radius 2 is 1.84 bits per heavy atom. The van der Waals surface area contributed by atoms with Gasteiger partial charge in [-0.15, -0.1) is 0 Å². The highest BCUT2D eigenvalue weighted by Crippen LogP contribution is 2.50. The van der Waals surface area contributed by atoms with Gasteiger partial charge in [0.25, 0.3) is 0 Å². The molecule has 19 heavy (non-hydrogen) atoms. The molecule has 3 heteroatoms. The van der Waals surface area contributed by atoms with E-state index >= 15 is 0 Å². The molecule has 0 aliphatic carbocycles. The first-order valence-corrected chi connectivity index (χ1v) is 6.63. The number of rotatable bonds is 1. The van der Waals surface area contributed by atoms with E-state index in [0.717, 1.165) is 21.9 Å². The zero-order chi connectivity index (χ0) is 13.6. The quantitative estimate of drug-likeness (QED) is 0.838. The number of phenolic OH excluding ortho intramolecular Hbond substituents is 1. The van der Waals surface area contributed by atoms with Gasteiger partial charge in [-0.3, -0.25) is 0 Å². The van der Waals surface area contributed by atoms with E-state index in [2.05, 4.69) is 0 Å². The Labute approximate surface area is 117 Å². The topological polar surface area (TPSA) is 29.5 Å². The van der Waals surface area contributed by atoms with Gasteiger partial charge in [-0.25, -0.2) is 0 Å². The minimum atomic E-state index is -0.388. The Morgan fingerprint density at radius 1 is 1.11 bits per heavy atom. The molecule has 98 valence electrons. The molecule has 1 unspecified atom stereocenters. The molecule has 0 bridgehead atoms. The summed E-state index contributed by atoms with van der Waals surface area (Å²) < 4.78 is 5.98. The molecule has 1 aliphatic rings. The van der Waals surface area contributed by atoms with E-state index in [4.69, 9.17) is 16.3 Å². The first-order chi connectivity index (χ1) is 8.99. The first kappa shape index (κ1) is 12.4. The second kappa shape index (κ2) is 4.17. The number of hydrogen-bond acceptors (Lipinski definition) is 2. The molecule has 1 aliphatic heterocycles. The third-order valence-corrected chi connectivity index (χ3v) is 3.94. The monoisotopic (exact) mass is 274 g/mol. The van der Waals surface area contributed by atoms with E-state index in [-0.39, 0.29) is 17.3 Å². The summed E-state index contributed by atoms with van der Waals surface area (Å²) in [5.74, 6) is 1.01. The number of hydrogen-bond donors (Lipinski definition) is 1. The van der Waals surface area contributed by atoms with Crippen LogP contribution in [0, 0.1) is 0 Å². The van der Waals surface area contributed by atoms with Gasteiger partial charge in [0.15, 0.2) is 0 Å². The zero-order valence-corrected chi connectivity index (χ0v) is 11.6. The van der Waals surface area contributed by atoms with E-state index in [1.54, 1.807) is 12.1 Å². The second-order valence-corrected chi connectivity index (χ2v) is 5.79. The minimum absolute atomic E-state index is 0.0665. The van der Waals surface area contributed by atoms with Crippen LogP contribution in [-0.4, -0.2) is 10.7 Å². The van der Waals surface area contributed by atoms with Crippen LogP contribution in [0.4, 0.5) is 0 Å². The lowest BCUT2D eigenvalue weighted by atomic mass is 9.81. The summed E-state index contributed by atoms with van der Waals surface area (Å²) in [6.07, 6.45) is 0. The Morgan fingerprint density at radius 3 is 2.58 bits per heavy atom. The standard InChI is InChI=1S/C16H15ClO2/c1-16(2)15(11-5-3-4-6-13(11)17)12-8-7-10(18)9-14(12)19-16/h3-9,15,18H,1-2H3. The summed E-state index contributed by atoms with van der Waals surface area (Å²) >= 11 is 6.32. The maximum Gasteiger partial charge on any atom is 0.127 e. The van der Waals surface area contributed by atoms with Crippen molar-refractivity contribution in [1.29, 1.82) is 0 Å². The average molecular weight is 275 g/mol. The zero-order valence-electron chi connectivity index (χ0n) is 10.9. The molecule has 1 heterocycles. The first-order valence-electron chi connectivity index (χ1n) is 6.25. The van der Waals surface area contributed by atoms with Crippen LogP contribution < -0.4 is 4.74 Å². The van der Waals surface area contributed by atoms with Crippen LogP contribution in [0.15, 0.2) is 42.5 Å². The summed E-state index contributed by atoms with van der Waals surface area (Å²) in [5, 5.41) is 10.3. The van der Waals surface area contributed by atoms with Gasteiger partial charge >= 0.3 is 0 Å². The molecule has 0 aromatic heterocycles. The van der Waals surface area contributed by atoms with Crippen LogP contribution in [0.2, 0.25) is 5.02 Å². The molecule has 0 saturated carbocycles. The van der Waals surface area contributed by atoms with Gasteiger partial charge in [0, 0.05) is 16.7 Å². The predicted molar refractivity (Wildman–Crippen MR) is 76.1 cm³/mol. The van der Waals surface area contributed by atoms with Gasteiger partial charge in [-0.2, -0.15) is 0 Å². The fraction of sp³-hybridized carbons (Fsp3) is 0.250. The number of fused-ring (bicyclic) bond motifs is 1. The third-order valence-electron chi connectivity index (χ3n) is 3.59. The molecular weight excluding hydrogens is 260 g/mol. The molecule has 1 atom stereocenters. The summed E-state index contributed by atoms with van der Waals surface area (Å²) in [4.78, 5) is 0. The van der Waals surface area contributed by atoms with Gasteiger partial charge in [-0.1, -0.05) is 35.9 Å². The van der Waals surface area contributed by atoms with Gasteiger partial charge in [0.2, 0.25) is 0 Å². The highest BCUT2D eigenvalue weighted by Gasteiger charge is 2.42. The molecule has 0 saturated heterocycles. The van der Waals surface area contributed by atoms with Crippen molar-refractivity contribution in [2.75, 3.05) is 0 Å². The van der Waals surface area contributed by atoms with Crippen molar-refractivity contribution in [1.82, 2.24) is 0 Å². The lowest BCUT2D eigenvalue weighted by Gasteiger charge is -2.27. The molecule has 2 aromatic carbocycles. The van der Waals surface area contributed by atoms with Crippen molar-refractivity contribution in [2.45, 2.75) is 25.4 Å². The van der Waals surface area contributed by atoms with E-state index in [9.17, 15) is 5.11 Å². The number of phenols is 1. The highest BCUT2D eigenvalue weighted by molar-refractivity contribution is 6.31. The molecule has 0 amide bonds. The largest absolute Gasteiger partial charge is 0.508 e. The molecular formula is C16H15ClO2. The van der Waals surface area contributed by atoms with Crippen molar-refractivity contribution >= 4 is 11.6 Å². The highest BCUT2D eigenvalue weighted by atomic mass is 35.5. The van der Waals surface area contributed by atoms with Crippen molar-refractivity contribution in [3.63, 3.8) is 0 Å². The van der Waals surface area contributed by atoms with E-state index in [1.165, 1.54) is 0 Å². The smallest absolute Gasteiger partial charge is 0.127 e. The van der Waals surface area contributed by atoms with Gasteiger partial charge in [0.05, 0.1) is 5.92 Å². The van der Waals surface area contributed by atoms with E-state index in [0.29, 0.717) is 0 Å². The molecule has 0 fully saturated rings. The molecule has 0 radical (unpaired) electrons. The molecule has 1 N–H and O–H groups in total. The average Bonchev–Trinajstić information content (AvgIpc) is 2.59. The van der Waals surface area contributed by atoms with Crippen LogP contribution in [0.3, 0.4) is 0 Å². The summed E-state index contributed by atoms with van der Waals surface area (Å²) in [7, 11) is 0. The lowest BCUT2D eigenvalue weighted by molar-refractivity contribution is 0.122. The predicted octanol–water partition coefficient (Wildman–Crippen LogP) is 4.35. The normalized spacial score (nSPS) is 19.8. The third kappa shape index (κ3) is 1.96. The van der Waals surface area contributed by atoms with Crippen LogP contribution in [0.1, 0.15) is 30.9 Å². The summed E-state index contributed by atoms with van der Waals surface area (Å²) in [6, 6.07) is 13.1. The minimum Gasteiger partial charge on any atom is -0.508 e. The van der Waals surface area contributed by atoms with Gasteiger partial charge in [0.1, 0.15) is 17.1 Å². The van der Waals surface area contributed by atoms with Crippen molar-refractivity contribution < 1.29 is 9.84 Å². The Hall–Kier alpha value is -1.67. The van der Waals surface area contributed by atoms with E-state index in [1.807, 2.05) is 44.2 Å². The van der Waals surface area contributed by atoms with Crippen LogP contribution in [0.25, 0.3) is 0 Å². The fourth-order valence-electron chi connectivity index (χ4n) is 2.82. The Bertz CT molecular complexity index is 634. The molecule has 0 spiro atoms. The van der Waals surface area contributed by atoms with Crippen molar-refractivity contribution in [3.05, 3.63) is 58.6 Å². The van der Waals surface area contributed by atoms with Crippen LogP contribution in [-0.2, 0) is 0 Å². The SMILES string of the molecule is CC1(C)Oc2cc(O)ccc2C1c1ccccc1Cl. The number of ether oxygens (including phenoxy) is 1. The van der Waals surface area contributed by atoms with Gasteiger partial charge in [-0.05, 0) is 31.5 Å². The van der Waals surface area contributed by atoms with Crippen LogP contribution in [0.5, 0.6) is 11.5 Å². The maximum atomic E-state index is 9.57. The Kier molecular flexibility index (Phi) is 2.72. The second-order valence-electron chi connectivity index (χ2n) is 5.38. The lowest BCUT2D eigenvalue weighted by Crippen LogP contribution is -2.31. The number of benzene rings is 2.